The highest BCUT2D eigenvalue weighted by Gasteiger charge is 2.16. The number of halogens is 3. The fraction of sp³-hybridized carbons (Fsp3) is 0.350. The van der Waals surface area contributed by atoms with Crippen LogP contribution in [-0.4, -0.2) is 32.5 Å². The first kappa shape index (κ1) is 25.3. The Balaban J connectivity index is 0.00000420. The molecule has 0 saturated carbocycles. The molecule has 0 radical (unpaired) electrons. The molecule has 160 valence electrons. The number of thioether (sulfide) groups is 1. The van der Waals surface area contributed by atoms with Crippen LogP contribution in [0.4, 0.5) is 8.78 Å². The van der Waals surface area contributed by atoms with Gasteiger partial charge in [0.2, 0.25) is 0 Å². The average Bonchev–Trinajstić information content (AvgIpc) is 2.70. The van der Waals surface area contributed by atoms with Gasteiger partial charge in [-0.1, -0.05) is 24.3 Å². The van der Waals surface area contributed by atoms with Crippen LogP contribution in [0.1, 0.15) is 18.1 Å². The van der Waals surface area contributed by atoms with Crippen molar-refractivity contribution in [1.29, 1.82) is 0 Å². The van der Waals surface area contributed by atoms with Crippen molar-refractivity contribution in [3.8, 4) is 11.5 Å². The summed E-state index contributed by atoms with van der Waals surface area (Å²) in [4.78, 5) is 5.37. The van der Waals surface area contributed by atoms with Crippen molar-refractivity contribution < 1.29 is 18.3 Å². The Morgan fingerprint density at radius 2 is 1.79 bits per heavy atom. The molecule has 5 nitrogen and oxygen atoms in total. The maximum Gasteiger partial charge on any atom is 0.387 e. The van der Waals surface area contributed by atoms with Crippen molar-refractivity contribution >= 4 is 41.7 Å². The molecular weight excluding hydrogens is 511 g/mol. The van der Waals surface area contributed by atoms with Gasteiger partial charge >= 0.3 is 6.61 Å². The van der Waals surface area contributed by atoms with Crippen LogP contribution in [0.2, 0.25) is 0 Å². The molecule has 0 aliphatic rings. The molecule has 29 heavy (non-hydrogen) atoms. The lowest BCUT2D eigenvalue weighted by molar-refractivity contribution is -0.0520. The Morgan fingerprint density at radius 1 is 1.10 bits per heavy atom. The van der Waals surface area contributed by atoms with Gasteiger partial charge in [0.1, 0.15) is 0 Å². The first-order valence-electron chi connectivity index (χ1n) is 8.84. The van der Waals surface area contributed by atoms with Crippen LogP contribution in [0.15, 0.2) is 52.4 Å². The summed E-state index contributed by atoms with van der Waals surface area (Å²) in [5.74, 6) is 0.882. The summed E-state index contributed by atoms with van der Waals surface area (Å²) in [6.07, 6.45) is 2.03. The van der Waals surface area contributed by atoms with Gasteiger partial charge in [-0.3, -0.25) is 4.99 Å². The summed E-state index contributed by atoms with van der Waals surface area (Å²) in [5, 5.41) is 6.32. The van der Waals surface area contributed by atoms with E-state index in [2.05, 4.69) is 32.5 Å². The smallest absolute Gasteiger partial charge is 0.387 e. The predicted molar refractivity (Wildman–Crippen MR) is 125 cm³/mol. The number of hydrogen-bond acceptors (Lipinski definition) is 4. The first-order valence-corrected chi connectivity index (χ1v) is 10.1. The van der Waals surface area contributed by atoms with Crippen LogP contribution in [0, 0.1) is 0 Å². The van der Waals surface area contributed by atoms with Gasteiger partial charge < -0.3 is 20.1 Å². The number of benzene rings is 2. The predicted octanol–water partition coefficient (Wildman–Crippen LogP) is 4.89. The van der Waals surface area contributed by atoms with Gasteiger partial charge in [-0.05, 0) is 36.9 Å². The van der Waals surface area contributed by atoms with E-state index in [4.69, 9.17) is 4.74 Å². The Labute approximate surface area is 191 Å². The highest BCUT2D eigenvalue weighted by Crippen LogP contribution is 2.32. The number of nitrogens with zero attached hydrogens (tertiary/aromatic N) is 1. The lowest BCUT2D eigenvalue weighted by Crippen LogP contribution is -2.36. The van der Waals surface area contributed by atoms with E-state index in [9.17, 15) is 8.78 Å². The molecule has 2 N–H and O–H groups in total. The third kappa shape index (κ3) is 8.25. The van der Waals surface area contributed by atoms with E-state index in [1.54, 1.807) is 43.9 Å². The van der Waals surface area contributed by atoms with Crippen molar-refractivity contribution in [2.24, 2.45) is 4.99 Å². The highest BCUT2D eigenvalue weighted by atomic mass is 127. The average molecular weight is 537 g/mol. The molecule has 0 atom stereocenters. The van der Waals surface area contributed by atoms with E-state index in [-0.39, 0.29) is 36.3 Å². The molecule has 0 saturated heterocycles. The quantitative estimate of drug-likeness (QED) is 0.207. The van der Waals surface area contributed by atoms with Crippen molar-refractivity contribution in [1.82, 2.24) is 10.6 Å². The van der Waals surface area contributed by atoms with E-state index in [1.165, 1.54) is 4.90 Å². The Kier molecular flexibility index (Phi) is 11.7. The minimum absolute atomic E-state index is 0. The summed E-state index contributed by atoms with van der Waals surface area (Å²) in [6, 6.07) is 13.3. The standard InChI is InChI=1S/C20H25F2N3O2S.HI/c1-4-26-17-7-5-6-15(18(17)27-19(21)22)13-25-20(23-2)24-12-14-8-10-16(28-3)11-9-14;/h5-11,19H,4,12-13H2,1-3H3,(H2,23,24,25);1H. The van der Waals surface area contributed by atoms with Gasteiger partial charge in [0.15, 0.2) is 17.5 Å². The molecule has 2 rings (SSSR count). The lowest BCUT2D eigenvalue weighted by Gasteiger charge is -2.17. The van der Waals surface area contributed by atoms with Gasteiger partial charge in [-0.15, -0.1) is 35.7 Å². The Morgan fingerprint density at radius 3 is 2.38 bits per heavy atom. The molecule has 9 heteroatoms. The zero-order valence-corrected chi connectivity index (χ0v) is 19.7. The summed E-state index contributed by atoms with van der Waals surface area (Å²) in [6.45, 7) is 0.0628. The van der Waals surface area contributed by atoms with Gasteiger partial charge in [-0.2, -0.15) is 8.78 Å². The lowest BCUT2D eigenvalue weighted by atomic mass is 10.2. The van der Waals surface area contributed by atoms with Gasteiger partial charge in [0, 0.05) is 30.6 Å². The number of guanidine groups is 1. The molecule has 0 aliphatic carbocycles. The fourth-order valence-corrected chi connectivity index (χ4v) is 2.93. The number of ether oxygens (including phenoxy) is 2. The minimum atomic E-state index is -2.93. The second-order valence-electron chi connectivity index (χ2n) is 5.68. The van der Waals surface area contributed by atoms with E-state index in [0.717, 1.165) is 5.56 Å². The zero-order valence-electron chi connectivity index (χ0n) is 16.6. The molecule has 0 heterocycles. The number of nitrogens with one attached hydrogen (secondary N) is 2. The molecule has 0 unspecified atom stereocenters. The normalized spacial score (nSPS) is 11.0. The van der Waals surface area contributed by atoms with Crippen LogP contribution >= 0.6 is 35.7 Å². The molecule has 0 aliphatic heterocycles. The summed E-state index contributed by atoms with van der Waals surface area (Å²) >= 11 is 1.69. The van der Waals surface area contributed by atoms with Crippen LogP contribution in [0.3, 0.4) is 0 Å². The van der Waals surface area contributed by atoms with Crippen LogP contribution in [-0.2, 0) is 13.1 Å². The Bertz CT molecular complexity index is 777. The first-order chi connectivity index (χ1) is 13.6. The largest absolute Gasteiger partial charge is 0.490 e. The second kappa shape index (κ2) is 13.5. The molecule has 2 aromatic carbocycles. The third-order valence-corrected chi connectivity index (χ3v) is 4.60. The number of aliphatic imine (C=N–C) groups is 1. The topological polar surface area (TPSA) is 54.9 Å². The van der Waals surface area contributed by atoms with Crippen molar-refractivity contribution in [3.05, 3.63) is 53.6 Å². The minimum Gasteiger partial charge on any atom is -0.490 e. The second-order valence-corrected chi connectivity index (χ2v) is 6.56. The number of para-hydroxylation sites is 1. The van der Waals surface area contributed by atoms with E-state index >= 15 is 0 Å². The van der Waals surface area contributed by atoms with Crippen LogP contribution < -0.4 is 20.1 Å². The van der Waals surface area contributed by atoms with E-state index in [1.807, 2.05) is 18.4 Å². The van der Waals surface area contributed by atoms with Gasteiger partial charge in [-0.25, -0.2) is 0 Å². The molecule has 0 amide bonds. The fourth-order valence-electron chi connectivity index (χ4n) is 2.52. The maximum absolute atomic E-state index is 12.8. The molecule has 0 spiro atoms. The molecule has 0 fully saturated rings. The number of rotatable bonds is 9. The van der Waals surface area contributed by atoms with Gasteiger partial charge in [0.25, 0.3) is 0 Å². The highest BCUT2D eigenvalue weighted by molar-refractivity contribution is 14.0. The zero-order chi connectivity index (χ0) is 20.4. The molecule has 0 bridgehead atoms. The number of alkyl halides is 2. The van der Waals surface area contributed by atoms with Gasteiger partial charge in [0.05, 0.1) is 6.61 Å². The maximum atomic E-state index is 12.8. The third-order valence-electron chi connectivity index (χ3n) is 3.86. The summed E-state index contributed by atoms with van der Waals surface area (Å²) in [5.41, 5.74) is 1.67. The van der Waals surface area contributed by atoms with E-state index in [0.29, 0.717) is 30.4 Å². The molecular formula is C20H26F2IN3O2S. The van der Waals surface area contributed by atoms with Crippen molar-refractivity contribution in [3.63, 3.8) is 0 Å². The monoisotopic (exact) mass is 537 g/mol. The van der Waals surface area contributed by atoms with Crippen molar-refractivity contribution in [2.75, 3.05) is 19.9 Å². The van der Waals surface area contributed by atoms with Crippen LogP contribution in [0.25, 0.3) is 0 Å². The summed E-state index contributed by atoms with van der Waals surface area (Å²) < 4.78 is 35.7. The SMILES string of the molecule is CCOc1cccc(CNC(=NC)NCc2ccc(SC)cc2)c1OC(F)F.I. The van der Waals surface area contributed by atoms with E-state index < -0.39 is 6.61 Å². The number of hydrogen-bond donors (Lipinski definition) is 2. The van der Waals surface area contributed by atoms with Crippen LogP contribution in [0.5, 0.6) is 11.5 Å². The molecule has 2 aromatic rings. The molecule has 0 aromatic heterocycles. The summed E-state index contributed by atoms with van der Waals surface area (Å²) in [7, 11) is 1.65. The van der Waals surface area contributed by atoms with Crippen molar-refractivity contribution in [2.45, 2.75) is 31.5 Å². The Hall–Kier alpha value is -1.75.